The molecule has 0 spiro atoms. The van der Waals surface area contributed by atoms with E-state index in [9.17, 15) is 0 Å². The average molecular weight is 173 g/mol. The molecule has 0 saturated heterocycles. The van der Waals surface area contributed by atoms with Crippen LogP contribution in [0.25, 0.3) is 11.4 Å². The minimum atomic E-state index is 0.764. The van der Waals surface area contributed by atoms with Crippen molar-refractivity contribution in [1.29, 1.82) is 0 Å². The van der Waals surface area contributed by atoms with Gasteiger partial charge in [0.1, 0.15) is 5.82 Å². The molecule has 0 bridgehead atoms. The fraction of sp³-hybridized carbons (Fsp3) is 0.100. The molecular formula is C10H11N3. The van der Waals surface area contributed by atoms with Crippen LogP contribution < -0.4 is 5.73 Å². The first kappa shape index (κ1) is 7.86. The number of anilines is 1. The molecule has 2 N–H and O–H groups in total. The molecule has 1 heterocycles. The predicted octanol–water partition coefficient (Wildman–Crippen LogP) is 1.67. The van der Waals surface area contributed by atoms with E-state index in [1.165, 1.54) is 0 Å². The molecule has 0 radical (unpaired) electrons. The summed E-state index contributed by atoms with van der Waals surface area (Å²) in [5.41, 5.74) is 7.49. The fourth-order valence-corrected chi connectivity index (χ4v) is 1.32. The van der Waals surface area contributed by atoms with Crippen LogP contribution in [0.2, 0.25) is 0 Å². The van der Waals surface area contributed by atoms with Gasteiger partial charge in [-0.3, -0.25) is 0 Å². The van der Waals surface area contributed by atoms with Crippen LogP contribution in [0.5, 0.6) is 0 Å². The van der Waals surface area contributed by atoms with Crippen molar-refractivity contribution in [2.75, 3.05) is 5.73 Å². The van der Waals surface area contributed by atoms with Crippen molar-refractivity contribution in [3.63, 3.8) is 0 Å². The number of aryl methyl sites for hydroxylation is 1. The van der Waals surface area contributed by atoms with Crippen molar-refractivity contribution in [1.82, 2.24) is 9.55 Å². The van der Waals surface area contributed by atoms with Crippen LogP contribution in [0.1, 0.15) is 0 Å². The molecule has 0 amide bonds. The Balaban J connectivity index is 2.53. The quantitative estimate of drug-likeness (QED) is 0.666. The minimum absolute atomic E-state index is 0.764. The molecule has 66 valence electrons. The number of aromatic nitrogens is 2. The normalized spacial score (nSPS) is 10.2. The number of rotatable bonds is 1. The summed E-state index contributed by atoms with van der Waals surface area (Å²) >= 11 is 0. The van der Waals surface area contributed by atoms with Gasteiger partial charge in [0.05, 0.1) is 0 Å². The van der Waals surface area contributed by atoms with E-state index in [1.807, 2.05) is 42.1 Å². The van der Waals surface area contributed by atoms with Crippen LogP contribution in [0.4, 0.5) is 5.69 Å². The van der Waals surface area contributed by atoms with E-state index in [2.05, 4.69) is 4.98 Å². The molecule has 1 aromatic heterocycles. The smallest absolute Gasteiger partial charge is 0.139 e. The lowest BCUT2D eigenvalue weighted by Crippen LogP contribution is -1.92. The molecule has 13 heavy (non-hydrogen) atoms. The zero-order valence-electron chi connectivity index (χ0n) is 7.44. The number of hydrogen-bond acceptors (Lipinski definition) is 2. The van der Waals surface area contributed by atoms with Crippen LogP contribution in [-0.2, 0) is 7.05 Å². The first-order valence-corrected chi connectivity index (χ1v) is 4.10. The summed E-state index contributed by atoms with van der Waals surface area (Å²) in [7, 11) is 1.96. The summed E-state index contributed by atoms with van der Waals surface area (Å²) < 4.78 is 1.97. The lowest BCUT2D eigenvalue weighted by atomic mass is 10.2. The van der Waals surface area contributed by atoms with E-state index in [4.69, 9.17) is 5.73 Å². The second kappa shape index (κ2) is 2.94. The molecule has 0 atom stereocenters. The first-order valence-electron chi connectivity index (χ1n) is 4.10. The van der Waals surface area contributed by atoms with Crippen LogP contribution in [0.3, 0.4) is 0 Å². The summed E-state index contributed by atoms with van der Waals surface area (Å²) in [4.78, 5) is 4.23. The third kappa shape index (κ3) is 1.40. The van der Waals surface area contributed by atoms with Crippen LogP contribution >= 0.6 is 0 Å². The number of nitrogens with zero attached hydrogens (tertiary/aromatic N) is 2. The Morgan fingerprint density at radius 1 is 1.38 bits per heavy atom. The van der Waals surface area contributed by atoms with Crippen LogP contribution in [0, 0.1) is 0 Å². The van der Waals surface area contributed by atoms with Crippen LogP contribution in [0.15, 0.2) is 36.7 Å². The Kier molecular flexibility index (Phi) is 1.77. The summed E-state index contributed by atoms with van der Waals surface area (Å²) in [5.74, 6) is 0.937. The SMILES string of the molecule is Cn1ccnc1-c1cccc(N)c1. The van der Waals surface area contributed by atoms with Crippen molar-refractivity contribution < 1.29 is 0 Å². The van der Waals surface area contributed by atoms with Crippen molar-refractivity contribution in [3.8, 4) is 11.4 Å². The number of imidazole rings is 1. The van der Waals surface area contributed by atoms with Gasteiger partial charge in [-0.15, -0.1) is 0 Å². The van der Waals surface area contributed by atoms with E-state index in [0.717, 1.165) is 17.1 Å². The maximum absolute atomic E-state index is 5.68. The Bertz CT molecular complexity index is 418. The molecule has 0 aliphatic rings. The van der Waals surface area contributed by atoms with Gasteiger partial charge in [-0.2, -0.15) is 0 Å². The average Bonchev–Trinajstić information content (AvgIpc) is 2.51. The second-order valence-corrected chi connectivity index (χ2v) is 2.99. The topological polar surface area (TPSA) is 43.8 Å². The molecular weight excluding hydrogens is 162 g/mol. The molecule has 3 heteroatoms. The Labute approximate surface area is 76.8 Å². The van der Waals surface area contributed by atoms with Gasteiger partial charge in [-0.1, -0.05) is 12.1 Å². The lowest BCUT2D eigenvalue weighted by Gasteiger charge is -2.01. The van der Waals surface area contributed by atoms with Crippen molar-refractivity contribution in [2.45, 2.75) is 0 Å². The zero-order valence-corrected chi connectivity index (χ0v) is 7.44. The summed E-state index contributed by atoms with van der Waals surface area (Å²) in [6.07, 6.45) is 3.69. The van der Waals surface area contributed by atoms with Gasteiger partial charge >= 0.3 is 0 Å². The maximum atomic E-state index is 5.68. The Hall–Kier alpha value is -1.77. The molecule has 3 nitrogen and oxygen atoms in total. The number of nitrogens with two attached hydrogens (primary N) is 1. The van der Waals surface area contributed by atoms with E-state index in [0.29, 0.717) is 0 Å². The summed E-state index contributed by atoms with van der Waals surface area (Å²) in [5, 5.41) is 0. The lowest BCUT2D eigenvalue weighted by molar-refractivity contribution is 0.925. The second-order valence-electron chi connectivity index (χ2n) is 2.99. The van der Waals surface area contributed by atoms with Gasteiger partial charge in [-0.25, -0.2) is 4.98 Å². The van der Waals surface area contributed by atoms with Gasteiger partial charge in [-0.05, 0) is 12.1 Å². The van der Waals surface area contributed by atoms with Gasteiger partial charge in [0, 0.05) is 30.7 Å². The molecule has 0 aliphatic carbocycles. The number of hydrogen-bond donors (Lipinski definition) is 1. The van der Waals surface area contributed by atoms with E-state index < -0.39 is 0 Å². The van der Waals surface area contributed by atoms with Gasteiger partial charge in [0.2, 0.25) is 0 Å². The fourth-order valence-electron chi connectivity index (χ4n) is 1.32. The number of benzene rings is 1. The molecule has 2 rings (SSSR count). The first-order chi connectivity index (χ1) is 6.27. The zero-order chi connectivity index (χ0) is 9.26. The van der Waals surface area contributed by atoms with Gasteiger partial charge < -0.3 is 10.3 Å². The summed E-state index contributed by atoms with van der Waals surface area (Å²) in [6, 6.07) is 7.72. The number of nitrogen functional groups attached to an aromatic ring is 1. The highest BCUT2D eigenvalue weighted by Crippen LogP contribution is 2.18. The molecule has 0 fully saturated rings. The highest BCUT2D eigenvalue weighted by molar-refractivity contribution is 5.61. The highest BCUT2D eigenvalue weighted by atomic mass is 15.0. The van der Waals surface area contributed by atoms with Crippen molar-refractivity contribution >= 4 is 5.69 Å². The van der Waals surface area contributed by atoms with Gasteiger partial charge in [0.25, 0.3) is 0 Å². The van der Waals surface area contributed by atoms with Crippen LogP contribution in [-0.4, -0.2) is 9.55 Å². The molecule has 0 aliphatic heterocycles. The maximum Gasteiger partial charge on any atom is 0.139 e. The third-order valence-corrected chi connectivity index (χ3v) is 1.97. The van der Waals surface area contributed by atoms with E-state index in [-0.39, 0.29) is 0 Å². The largest absolute Gasteiger partial charge is 0.399 e. The molecule has 0 saturated carbocycles. The molecule has 0 unspecified atom stereocenters. The predicted molar refractivity (Wildman–Crippen MR) is 53.1 cm³/mol. The van der Waals surface area contributed by atoms with E-state index in [1.54, 1.807) is 6.20 Å². The minimum Gasteiger partial charge on any atom is -0.399 e. The monoisotopic (exact) mass is 173 g/mol. The third-order valence-electron chi connectivity index (χ3n) is 1.97. The van der Waals surface area contributed by atoms with E-state index >= 15 is 0 Å². The van der Waals surface area contributed by atoms with Crippen molar-refractivity contribution in [2.24, 2.45) is 7.05 Å². The Morgan fingerprint density at radius 2 is 2.23 bits per heavy atom. The standard InChI is InChI=1S/C10H11N3/c1-13-6-5-12-10(13)8-3-2-4-9(11)7-8/h2-7H,11H2,1H3. The Morgan fingerprint density at radius 3 is 2.85 bits per heavy atom. The molecule has 1 aromatic carbocycles. The van der Waals surface area contributed by atoms with Crippen molar-refractivity contribution in [3.05, 3.63) is 36.7 Å². The van der Waals surface area contributed by atoms with Gasteiger partial charge in [0.15, 0.2) is 0 Å². The molecule has 2 aromatic rings. The summed E-state index contributed by atoms with van der Waals surface area (Å²) in [6.45, 7) is 0. The highest BCUT2D eigenvalue weighted by Gasteiger charge is 2.01.